The minimum Gasteiger partial charge on any atom is -0.386 e. The third-order valence-corrected chi connectivity index (χ3v) is 5.60. The summed E-state index contributed by atoms with van der Waals surface area (Å²) in [6, 6.07) is 13.2. The highest BCUT2D eigenvalue weighted by Gasteiger charge is 2.23. The summed E-state index contributed by atoms with van der Waals surface area (Å²) < 4.78 is 26.7. The van der Waals surface area contributed by atoms with Crippen molar-refractivity contribution < 1.29 is 18.8 Å². The maximum atomic E-state index is 13.9. The fourth-order valence-electron chi connectivity index (χ4n) is 3.09. The van der Waals surface area contributed by atoms with Crippen LogP contribution in [-0.2, 0) is 0 Å². The van der Waals surface area contributed by atoms with E-state index in [-0.39, 0.29) is 11.6 Å². The number of aliphatic hydroxyl groups excluding tert-OH is 1. The van der Waals surface area contributed by atoms with Crippen molar-refractivity contribution in [2.45, 2.75) is 11.0 Å². The molecule has 1 aliphatic heterocycles. The number of piperazine rings is 1. The molecular formula is C19H23F2N2OS+. The Balaban J connectivity index is 1.42. The molecule has 1 saturated heterocycles. The molecule has 3 rings (SSSR count). The van der Waals surface area contributed by atoms with Crippen LogP contribution in [0.4, 0.5) is 14.5 Å². The largest absolute Gasteiger partial charge is 0.386 e. The molecule has 3 nitrogen and oxygen atoms in total. The van der Waals surface area contributed by atoms with E-state index < -0.39 is 6.10 Å². The first-order valence-electron chi connectivity index (χ1n) is 8.51. The molecule has 25 heavy (non-hydrogen) atoms. The van der Waals surface area contributed by atoms with Crippen LogP contribution in [0.3, 0.4) is 0 Å². The van der Waals surface area contributed by atoms with Gasteiger partial charge in [0, 0.05) is 10.6 Å². The van der Waals surface area contributed by atoms with Gasteiger partial charge in [-0.15, -0.1) is 11.8 Å². The van der Waals surface area contributed by atoms with Gasteiger partial charge < -0.3 is 14.9 Å². The van der Waals surface area contributed by atoms with E-state index in [1.54, 1.807) is 18.2 Å². The highest BCUT2D eigenvalue weighted by molar-refractivity contribution is 7.99. The number of nitrogens with zero attached hydrogens (tertiary/aromatic N) is 1. The third-order valence-electron chi connectivity index (χ3n) is 4.44. The number of anilines is 1. The minimum atomic E-state index is -0.412. The molecule has 0 aliphatic carbocycles. The maximum absolute atomic E-state index is 13.9. The first-order valence-corrected chi connectivity index (χ1v) is 9.50. The Morgan fingerprint density at radius 3 is 2.40 bits per heavy atom. The lowest BCUT2D eigenvalue weighted by Gasteiger charge is -2.34. The van der Waals surface area contributed by atoms with E-state index in [1.165, 1.54) is 34.9 Å². The lowest BCUT2D eigenvalue weighted by atomic mass is 10.2. The zero-order chi connectivity index (χ0) is 17.6. The number of para-hydroxylation sites is 1. The van der Waals surface area contributed by atoms with Gasteiger partial charge >= 0.3 is 0 Å². The lowest BCUT2D eigenvalue weighted by molar-refractivity contribution is -0.903. The van der Waals surface area contributed by atoms with Crippen molar-refractivity contribution in [3.05, 3.63) is 60.2 Å². The molecule has 0 amide bonds. The van der Waals surface area contributed by atoms with Crippen LogP contribution in [-0.4, -0.2) is 49.7 Å². The molecule has 0 unspecified atom stereocenters. The van der Waals surface area contributed by atoms with E-state index in [4.69, 9.17) is 0 Å². The van der Waals surface area contributed by atoms with Crippen molar-refractivity contribution >= 4 is 17.4 Å². The standard InChI is InChI=1S/C19H22F2N2OS/c20-15-5-7-17(8-6-15)25-14-16(24)13-22-9-11-23(12-10-22)19-4-2-1-3-18(19)21/h1-8,16,24H,9-14H2/p+1/t16-/m1/s1. The van der Waals surface area contributed by atoms with Crippen molar-refractivity contribution in [2.24, 2.45) is 0 Å². The summed E-state index contributed by atoms with van der Waals surface area (Å²) in [5.41, 5.74) is 0.661. The zero-order valence-electron chi connectivity index (χ0n) is 14.0. The molecule has 134 valence electrons. The highest BCUT2D eigenvalue weighted by Crippen LogP contribution is 2.19. The molecule has 2 N–H and O–H groups in total. The Hall–Kier alpha value is -1.63. The summed E-state index contributed by atoms with van der Waals surface area (Å²) >= 11 is 1.54. The molecule has 0 radical (unpaired) electrons. The van der Waals surface area contributed by atoms with Crippen LogP contribution in [0.1, 0.15) is 0 Å². The van der Waals surface area contributed by atoms with Crippen LogP contribution in [0.15, 0.2) is 53.4 Å². The minimum absolute atomic E-state index is 0.179. The Morgan fingerprint density at radius 1 is 1.04 bits per heavy atom. The topological polar surface area (TPSA) is 27.9 Å². The average Bonchev–Trinajstić information content (AvgIpc) is 2.62. The quantitative estimate of drug-likeness (QED) is 0.765. The molecule has 1 fully saturated rings. The Kier molecular flexibility index (Phi) is 6.29. The zero-order valence-corrected chi connectivity index (χ0v) is 14.8. The molecule has 0 spiro atoms. The second-order valence-corrected chi connectivity index (χ2v) is 7.40. The predicted molar refractivity (Wildman–Crippen MR) is 97.3 cm³/mol. The van der Waals surface area contributed by atoms with Crippen LogP contribution in [0.5, 0.6) is 0 Å². The summed E-state index contributed by atoms with van der Waals surface area (Å²) in [7, 11) is 0. The molecule has 6 heteroatoms. The summed E-state index contributed by atoms with van der Waals surface area (Å²) in [5, 5.41) is 10.3. The number of aliphatic hydroxyl groups is 1. The fourth-order valence-corrected chi connectivity index (χ4v) is 3.92. The van der Waals surface area contributed by atoms with Gasteiger partial charge in [-0.05, 0) is 36.4 Å². The van der Waals surface area contributed by atoms with Crippen LogP contribution in [0.2, 0.25) is 0 Å². The van der Waals surface area contributed by atoms with Crippen LogP contribution >= 0.6 is 11.8 Å². The number of quaternary nitrogens is 1. The number of halogens is 2. The van der Waals surface area contributed by atoms with E-state index in [2.05, 4.69) is 4.90 Å². The van der Waals surface area contributed by atoms with Crippen molar-refractivity contribution in [1.82, 2.24) is 0 Å². The van der Waals surface area contributed by atoms with E-state index in [9.17, 15) is 13.9 Å². The normalized spacial score (nSPS) is 16.8. The van der Waals surface area contributed by atoms with Gasteiger partial charge in [0.1, 0.15) is 24.3 Å². The number of rotatable bonds is 6. The molecule has 2 aromatic carbocycles. The average molecular weight is 365 g/mol. The molecule has 0 bridgehead atoms. The summed E-state index contributed by atoms with van der Waals surface area (Å²) in [5.74, 6) is 0.162. The third kappa shape index (κ3) is 5.17. The molecule has 1 heterocycles. The predicted octanol–water partition coefficient (Wildman–Crippen LogP) is 1.82. The van der Waals surface area contributed by atoms with Gasteiger partial charge in [-0.3, -0.25) is 0 Å². The van der Waals surface area contributed by atoms with Crippen LogP contribution in [0.25, 0.3) is 0 Å². The first kappa shape index (κ1) is 18.2. The number of hydrogen-bond acceptors (Lipinski definition) is 3. The lowest BCUT2D eigenvalue weighted by Crippen LogP contribution is -3.16. The van der Waals surface area contributed by atoms with E-state index in [1.807, 2.05) is 12.1 Å². The Labute approximate surface area is 151 Å². The smallest absolute Gasteiger partial charge is 0.146 e. The SMILES string of the molecule is O[C@@H](CSc1ccc(F)cc1)C[NH+]1CCN(c2ccccc2F)CC1. The molecule has 1 aliphatic rings. The van der Waals surface area contributed by atoms with Gasteiger partial charge in [0.25, 0.3) is 0 Å². The van der Waals surface area contributed by atoms with Crippen molar-refractivity contribution in [3.63, 3.8) is 0 Å². The second kappa shape index (κ2) is 8.65. The monoisotopic (exact) mass is 365 g/mol. The van der Waals surface area contributed by atoms with Crippen LogP contribution in [0, 0.1) is 11.6 Å². The van der Waals surface area contributed by atoms with Gasteiger partial charge in [-0.25, -0.2) is 8.78 Å². The summed E-state index contributed by atoms with van der Waals surface area (Å²) in [6.07, 6.45) is -0.412. The molecule has 2 aromatic rings. The number of nitrogens with one attached hydrogen (secondary N) is 1. The summed E-state index contributed by atoms with van der Waals surface area (Å²) in [4.78, 5) is 4.36. The Bertz CT molecular complexity index is 675. The first-order chi connectivity index (χ1) is 12.1. The van der Waals surface area contributed by atoms with Crippen molar-refractivity contribution in [3.8, 4) is 0 Å². The van der Waals surface area contributed by atoms with Gasteiger partial charge in [0.2, 0.25) is 0 Å². The molecule has 0 aromatic heterocycles. The van der Waals surface area contributed by atoms with Gasteiger partial charge in [0.05, 0.1) is 31.9 Å². The van der Waals surface area contributed by atoms with Gasteiger partial charge in [-0.2, -0.15) is 0 Å². The maximum Gasteiger partial charge on any atom is 0.146 e. The van der Waals surface area contributed by atoms with E-state index >= 15 is 0 Å². The number of benzene rings is 2. The number of hydrogen-bond donors (Lipinski definition) is 2. The molecule has 0 saturated carbocycles. The number of thioether (sulfide) groups is 1. The Morgan fingerprint density at radius 2 is 1.72 bits per heavy atom. The van der Waals surface area contributed by atoms with Crippen LogP contribution < -0.4 is 9.80 Å². The van der Waals surface area contributed by atoms with Crippen molar-refractivity contribution in [2.75, 3.05) is 43.4 Å². The fraction of sp³-hybridized carbons (Fsp3) is 0.368. The van der Waals surface area contributed by atoms with Crippen molar-refractivity contribution in [1.29, 1.82) is 0 Å². The van der Waals surface area contributed by atoms with Gasteiger partial charge in [-0.1, -0.05) is 12.1 Å². The molecular weight excluding hydrogens is 342 g/mol. The van der Waals surface area contributed by atoms with E-state index in [0.29, 0.717) is 18.0 Å². The summed E-state index contributed by atoms with van der Waals surface area (Å²) in [6.45, 7) is 4.01. The second-order valence-electron chi connectivity index (χ2n) is 6.31. The van der Waals surface area contributed by atoms with Gasteiger partial charge in [0.15, 0.2) is 0 Å². The molecule has 1 atom stereocenters. The van der Waals surface area contributed by atoms with E-state index in [0.717, 1.165) is 31.1 Å². The highest BCUT2D eigenvalue weighted by atomic mass is 32.2.